The van der Waals surface area contributed by atoms with Gasteiger partial charge in [0.1, 0.15) is 5.82 Å². The Labute approximate surface area is 93.0 Å². The second-order valence-corrected chi connectivity index (χ2v) is 3.22. The molecule has 0 amide bonds. The van der Waals surface area contributed by atoms with Crippen LogP contribution in [-0.4, -0.2) is 24.7 Å². The summed E-state index contributed by atoms with van der Waals surface area (Å²) in [4.78, 5) is 21.3. The summed E-state index contributed by atoms with van der Waals surface area (Å²) in [5, 5.41) is 17.4. The van der Waals surface area contributed by atoms with E-state index in [-0.39, 0.29) is 5.69 Å². The van der Waals surface area contributed by atoms with E-state index in [1.54, 1.807) is 0 Å². The Hall–Kier alpha value is -2.58. The van der Waals surface area contributed by atoms with E-state index in [2.05, 4.69) is 10.4 Å². The van der Waals surface area contributed by atoms with Gasteiger partial charge < -0.3 is 0 Å². The van der Waals surface area contributed by atoms with Crippen LogP contribution in [0.2, 0.25) is 0 Å². The molecule has 17 heavy (non-hydrogen) atoms. The molecule has 0 aliphatic rings. The average molecular weight is 239 g/mol. The van der Waals surface area contributed by atoms with E-state index in [9.17, 15) is 19.3 Å². The molecule has 0 aliphatic heterocycles. The van der Waals surface area contributed by atoms with Gasteiger partial charge in [-0.25, -0.2) is 9.18 Å². The second kappa shape index (κ2) is 3.77. The van der Waals surface area contributed by atoms with Crippen LogP contribution in [-0.2, 0) is 7.05 Å². The van der Waals surface area contributed by atoms with Gasteiger partial charge in [0, 0.05) is 19.2 Å². The van der Waals surface area contributed by atoms with Crippen LogP contribution in [0.4, 0.5) is 10.1 Å². The Kier molecular flexibility index (Phi) is 2.42. The molecule has 1 aromatic carbocycles. The fourth-order valence-electron chi connectivity index (χ4n) is 1.26. The highest BCUT2D eigenvalue weighted by Gasteiger charge is 2.13. The van der Waals surface area contributed by atoms with Crippen LogP contribution in [0, 0.1) is 15.9 Å². The third kappa shape index (κ3) is 1.89. The average Bonchev–Trinajstić information content (AvgIpc) is 2.59. The molecule has 0 radical (unpaired) electrons. The molecular formula is C8H6FN5O3. The Morgan fingerprint density at radius 2 is 2.06 bits per heavy atom. The van der Waals surface area contributed by atoms with Gasteiger partial charge in [-0.2, -0.15) is 9.36 Å². The van der Waals surface area contributed by atoms with Crippen LogP contribution < -0.4 is 5.69 Å². The first-order chi connectivity index (χ1) is 7.99. The summed E-state index contributed by atoms with van der Waals surface area (Å²) in [5.74, 6) is -0.827. The highest BCUT2D eigenvalue weighted by molar-refractivity contribution is 5.42. The molecule has 2 aromatic rings. The number of nitro benzene ring substituents is 1. The first-order valence-corrected chi connectivity index (χ1v) is 4.43. The van der Waals surface area contributed by atoms with Crippen molar-refractivity contribution in [2.75, 3.05) is 0 Å². The van der Waals surface area contributed by atoms with Gasteiger partial charge in [-0.15, -0.1) is 0 Å². The number of nitrogens with zero attached hydrogens (tertiary/aromatic N) is 5. The van der Waals surface area contributed by atoms with Crippen LogP contribution in [0.15, 0.2) is 23.0 Å². The lowest BCUT2D eigenvalue weighted by molar-refractivity contribution is -0.385. The van der Waals surface area contributed by atoms with Gasteiger partial charge in [0.15, 0.2) is 0 Å². The molecule has 0 saturated carbocycles. The normalized spacial score (nSPS) is 10.5. The highest BCUT2D eigenvalue weighted by Crippen LogP contribution is 2.17. The number of hydrogen-bond donors (Lipinski definition) is 0. The molecule has 0 atom stereocenters. The van der Waals surface area contributed by atoms with Crippen molar-refractivity contribution in [3.63, 3.8) is 0 Å². The number of aryl methyl sites for hydroxylation is 1. The molecule has 0 bridgehead atoms. The quantitative estimate of drug-likeness (QED) is 0.543. The maximum absolute atomic E-state index is 13.1. The van der Waals surface area contributed by atoms with Crippen LogP contribution in [0.5, 0.6) is 0 Å². The third-order valence-corrected chi connectivity index (χ3v) is 2.04. The highest BCUT2D eigenvalue weighted by atomic mass is 19.1. The van der Waals surface area contributed by atoms with Crippen molar-refractivity contribution < 1.29 is 9.31 Å². The van der Waals surface area contributed by atoms with Crippen molar-refractivity contribution in [1.29, 1.82) is 0 Å². The van der Waals surface area contributed by atoms with Crippen LogP contribution in [0.25, 0.3) is 5.69 Å². The van der Waals surface area contributed by atoms with Crippen LogP contribution in [0.3, 0.4) is 0 Å². The van der Waals surface area contributed by atoms with Gasteiger partial charge in [-0.3, -0.25) is 10.1 Å². The van der Waals surface area contributed by atoms with E-state index in [1.165, 1.54) is 7.05 Å². The SMILES string of the molecule is Cn1nnn(-c2cc(F)cc([N+](=O)[O-])c2)c1=O. The molecule has 0 unspecified atom stereocenters. The van der Waals surface area contributed by atoms with E-state index < -0.39 is 22.1 Å². The van der Waals surface area contributed by atoms with Crippen molar-refractivity contribution in [3.8, 4) is 5.69 Å². The van der Waals surface area contributed by atoms with E-state index in [4.69, 9.17) is 0 Å². The number of aromatic nitrogens is 4. The summed E-state index contributed by atoms with van der Waals surface area (Å²) in [6, 6.07) is 2.76. The fraction of sp³-hybridized carbons (Fsp3) is 0.125. The van der Waals surface area contributed by atoms with Gasteiger partial charge in [-0.1, -0.05) is 0 Å². The smallest absolute Gasteiger partial charge is 0.258 e. The first kappa shape index (κ1) is 10.9. The predicted molar refractivity (Wildman–Crippen MR) is 53.2 cm³/mol. The second-order valence-electron chi connectivity index (χ2n) is 3.22. The monoisotopic (exact) mass is 239 g/mol. The molecule has 1 aromatic heterocycles. The van der Waals surface area contributed by atoms with Crippen molar-refractivity contribution in [3.05, 3.63) is 44.6 Å². The number of rotatable bonds is 2. The van der Waals surface area contributed by atoms with Gasteiger partial charge in [-0.05, 0) is 10.4 Å². The summed E-state index contributed by atoms with van der Waals surface area (Å²) in [5.41, 5.74) is -1.13. The molecule has 0 aliphatic carbocycles. The van der Waals surface area contributed by atoms with Crippen molar-refractivity contribution in [1.82, 2.24) is 19.8 Å². The summed E-state index contributed by atoms with van der Waals surface area (Å²) >= 11 is 0. The van der Waals surface area contributed by atoms with Gasteiger partial charge in [0.05, 0.1) is 16.7 Å². The maximum atomic E-state index is 13.1. The molecule has 9 heteroatoms. The topological polar surface area (TPSA) is 95.8 Å². The van der Waals surface area contributed by atoms with E-state index in [1.807, 2.05) is 0 Å². The van der Waals surface area contributed by atoms with E-state index in [0.29, 0.717) is 0 Å². The first-order valence-electron chi connectivity index (χ1n) is 4.43. The zero-order valence-electron chi connectivity index (χ0n) is 8.57. The molecule has 88 valence electrons. The zero-order valence-corrected chi connectivity index (χ0v) is 8.57. The molecule has 0 spiro atoms. The summed E-state index contributed by atoms with van der Waals surface area (Å²) in [7, 11) is 1.36. The van der Waals surface area contributed by atoms with Crippen molar-refractivity contribution >= 4 is 5.69 Å². The number of tetrazole rings is 1. The van der Waals surface area contributed by atoms with Gasteiger partial charge in [0.25, 0.3) is 5.69 Å². The maximum Gasteiger partial charge on any atom is 0.368 e. The number of nitro groups is 1. The van der Waals surface area contributed by atoms with Crippen molar-refractivity contribution in [2.24, 2.45) is 7.05 Å². The number of halogens is 1. The van der Waals surface area contributed by atoms with Crippen LogP contribution in [0.1, 0.15) is 0 Å². The molecule has 1 heterocycles. The lowest BCUT2D eigenvalue weighted by atomic mass is 10.3. The molecule has 0 saturated heterocycles. The minimum absolute atomic E-state index is 0.0465. The van der Waals surface area contributed by atoms with Gasteiger partial charge >= 0.3 is 5.69 Å². The Morgan fingerprint density at radius 1 is 1.35 bits per heavy atom. The number of benzene rings is 1. The molecule has 0 fully saturated rings. The minimum Gasteiger partial charge on any atom is -0.258 e. The minimum atomic E-state index is -0.827. The standard InChI is InChI=1S/C8H6FN5O3/c1-12-8(15)13(11-10-12)6-2-5(9)3-7(4-6)14(16)17/h2-4H,1H3. The lowest BCUT2D eigenvalue weighted by Gasteiger charge is -1.98. The molecule has 8 nitrogen and oxygen atoms in total. The fourth-order valence-corrected chi connectivity index (χ4v) is 1.26. The van der Waals surface area contributed by atoms with E-state index >= 15 is 0 Å². The number of non-ortho nitro benzene ring substituents is 1. The Morgan fingerprint density at radius 3 is 2.59 bits per heavy atom. The molecule has 0 N–H and O–H groups in total. The molecule has 2 rings (SSSR count). The summed E-state index contributed by atoms with van der Waals surface area (Å²) in [6.07, 6.45) is 0. The Bertz CT molecular complexity index is 647. The third-order valence-electron chi connectivity index (χ3n) is 2.04. The molecular weight excluding hydrogens is 233 g/mol. The lowest BCUT2D eigenvalue weighted by Crippen LogP contribution is -2.22. The Balaban J connectivity index is 2.64. The van der Waals surface area contributed by atoms with E-state index in [0.717, 1.165) is 27.6 Å². The zero-order chi connectivity index (χ0) is 12.6. The van der Waals surface area contributed by atoms with Crippen LogP contribution >= 0.6 is 0 Å². The van der Waals surface area contributed by atoms with Gasteiger partial charge in [0.2, 0.25) is 0 Å². The summed E-state index contributed by atoms with van der Waals surface area (Å²) < 4.78 is 14.8. The van der Waals surface area contributed by atoms with Crippen molar-refractivity contribution in [2.45, 2.75) is 0 Å². The summed E-state index contributed by atoms with van der Waals surface area (Å²) in [6.45, 7) is 0. The largest absolute Gasteiger partial charge is 0.368 e. The number of hydrogen-bond acceptors (Lipinski definition) is 5. The predicted octanol–water partition coefficient (Wildman–Crippen LogP) is 0.0133.